The van der Waals surface area contributed by atoms with Gasteiger partial charge in [0, 0.05) is 12.8 Å². The van der Waals surface area contributed by atoms with Crippen LogP contribution in [0.3, 0.4) is 0 Å². The fraction of sp³-hybridized carbons (Fsp3) is 0.787. The maximum atomic E-state index is 13.3. The maximum absolute atomic E-state index is 13.3. The number of phosphoric acid groups is 4. The van der Waals surface area contributed by atoms with E-state index < -0.39 is 99.2 Å². The third kappa shape index (κ3) is 37.6. The van der Waals surface area contributed by atoms with Crippen molar-refractivity contribution in [2.75, 3.05) is 13.2 Å². The van der Waals surface area contributed by atoms with E-state index in [0.717, 1.165) is 51.4 Å². The van der Waals surface area contributed by atoms with Gasteiger partial charge in [0.15, 0.2) is 6.10 Å². The molecule has 1 saturated carbocycles. The van der Waals surface area contributed by atoms with Gasteiger partial charge >= 0.3 is 43.2 Å². The molecule has 0 heterocycles. The van der Waals surface area contributed by atoms with Crippen molar-refractivity contribution in [1.29, 1.82) is 0 Å². The molecular formula is C47H86O22P4. The Morgan fingerprint density at radius 1 is 0.438 bits per heavy atom. The van der Waals surface area contributed by atoms with Crippen LogP contribution in [0.2, 0.25) is 0 Å². The summed E-state index contributed by atoms with van der Waals surface area (Å²) in [6.45, 7) is 2.70. The van der Waals surface area contributed by atoms with Crippen LogP contribution in [0.15, 0.2) is 48.6 Å². The Kier molecular flexibility index (Phi) is 37.6. The molecule has 1 aliphatic rings. The Morgan fingerprint density at radius 2 is 0.808 bits per heavy atom. The smallest absolute Gasteiger partial charge is 0.462 e. The molecule has 0 aromatic carbocycles. The highest BCUT2D eigenvalue weighted by Crippen LogP contribution is 2.53. The number of ether oxygens (including phenoxy) is 2. The van der Waals surface area contributed by atoms with Gasteiger partial charge in [-0.3, -0.25) is 32.2 Å². The number of aliphatic hydroxyl groups is 2. The second-order valence-electron chi connectivity index (χ2n) is 18.0. The lowest BCUT2D eigenvalue weighted by molar-refractivity contribution is -0.209. The zero-order valence-electron chi connectivity index (χ0n) is 42.6. The Hall–Kier alpha value is -1.74. The summed E-state index contributed by atoms with van der Waals surface area (Å²) in [5.41, 5.74) is 0. The largest absolute Gasteiger partial charge is 0.472 e. The van der Waals surface area contributed by atoms with Gasteiger partial charge < -0.3 is 53.9 Å². The second-order valence-corrected chi connectivity index (χ2v) is 23.0. The van der Waals surface area contributed by atoms with Gasteiger partial charge in [0.25, 0.3) is 0 Å². The van der Waals surface area contributed by atoms with Crippen LogP contribution in [0, 0.1) is 0 Å². The first kappa shape index (κ1) is 69.3. The lowest BCUT2D eigenvalue weighted by Crippen LogP contribution is -2.65. The molecule has 0 aromatic heterocycles. The molecule has 0 aromatic rings. The van der Waals surface area contributed by atoms with E-state index in [-0.39, 0.29) is 12.8 Å². The molecule has 26 heteroatoms. The summed E-state index contributed by atoms with van der Waals surface area (Å²) < 4.78 is 82.2. The Labute approximate surface area is 431 Å². The van der Waals surface area contributed by atoms with Crippen LogP contribution in [0.25, 0.3) is 0 Å². The van der Waals surface area contributed by atoms with Gasteiger partial charge in [0.1, 0.15) is 43.2 Å². The molecular weight excluding hydrogens is 1040 g/mol. The average Bonchev–Trinajstić information content (AvgIpc) is 3.30. The lowest BCUT2D eigenvalue weighted by Gasteiger charge is -2.45. The van der Waals surface area contributed by atoms with Crippen molar-refractivity contribution in [3.05, 3.63) is 48.6 Å². The molecule has 1 fully saturated rings. The number of esters is 2. The maximum Gasteiger partial charge on any atom is 0.472 e. The third-order valence-electron chi connectivity index (χ3n) is 11.4. The van der Waals surface area contributed by atoms with E-state index in [1.165, 1.54) is 77.0 Å². The lowest BCUT2D eigenvalue weighted by atomic mass is 9.85. The van der Waals surface area contributed by atoms with Crippen LogP contribution in [-0.2, 0) is 59.9 Å². The minimum absolute atomic E-state index is 0.0241. The first-order valence-electron chi connectivity index (χ1n) is 25.7. The Balaban J connectivity index is 2.90. The summed E-state index contributed by atoms with van der Waals surface area (Å²) in [5, 5.41) is 21.9. The molecule has 6 unspecified atom stereocenters. The van der Waals surface area contributed by atoms with E-state index >= 15 is 0 Å². The summed E-state index contributed by atoms with van der Waals surface area (Å²) >= 11 is 0. The number of phosphoric ester groups is 4. The number of carbonyl (C=O) groups excluding carboxylic acids is 2. The van der Waals surface area contributed by atoms with Crippen LogP contribution in [0.4, 0.5) is 0 Å². The standard InChI is InChI=1S/C47H86O22P4/c1-3-5-7-9-11-13-15-17-19-20-22-24-26-28-30-32-34-36-41(49)65-39(37-63-40(48)35-33-31-29-27-25-23-21-18-16-14-12-10-8-6-4-2)38-64-73(61,62)69-44-42(50)45(66-70(52,53)54)47(68-72(58,59)60)46(43(44)51)67-71(55,56)57/h11,13,17,19,22,24,28,30,39,42-47,50-51H,3-10,12,14-16,18,20-21,23,25-27,29,31-38H2,1-2H3,(H,61,62)(H2,52,53,54)(H2,55,56,57)(H2,58,59,60). The number of allylic oxidation sites excluding steroid dienone is 8. The van der Waals surface area contributed by atoms with Crippen molar-refractivity contribution < 1.29 is 104 Å². The average molecular weight is 1130 g/mol. The number of rotatable bonds is 44. The molecule has 6 atom stereocenters. The summed E-state index contributed by atoms with van der Waals surface area (Å²) in [6, 6.07) is 0. The second kappa shape index (κ2) is 39.6. The Bertz CT molecular complexity index is 1770. The number of hydrogen-bond acceptors (Lipinski definition) is 15. The van der Waals surface area contributed by atoms with E-state index in [2.05, 4.69) is 51.7 Å². The molecule has 1 rings (SSSR count). The van der Waals surface area contributed by atoms with Crippen LogP contribution in [0.5, 0.6) is 0 Å². The summed E-state index contributed by atoms with van der Waals surface area (Å²) in [7, 11) is -23.0. The van der Waals surface area contributed by atoms with Gasteiger partial charge in [-0.25, -0.2) is 18.3 Å². The SMILES string of the molecule is CCCCCC=CCC=CCC=CCC=CCCCC(=O)OC(COC(=O)CCCCCCCCCCCCCCCCC)COP(=O)(O)OC1C(O)C(OP(=O)(O)O)C(OP(=O)(O)O)C(OP(=O)(O)O)C1O. The van der Waals surface area contributed by atoms with Crippen molar-refractivity contribution in [2.45, 2.75) is 224 Å². The molecule has 0 amide bonds. The topological polar surface area (TPSA) is 349 Å². The zero-order valence-corrected chi connectivity index (χ0v) is 46.2. The summed E-state index contributed by atoms with van der Waals surface area (Å²) in [5.74, 6) is -1.46. The number of hydrogen-bond donors (Lipinski definition) is 9. The van der Waals surface area contributed by atoms with Crippen LogP contribution < -0.4 is 0 Å². The molecule has 0 aliphatic heterocycles. The van der Waals surface area contributed by atoms with E-state index in [9.17, 15) is 72.3 Å². The van der Waals surface area contributed by atoms with E-state index in [1.807, 2.05) is 24.3 Å². The molecule has 73 heavy (non-hydrogen) atoms. The quantitative estimate of drug-likeness (QED) is 0.0119. The van der Waals surface area contributed by atoms with Crippen LogP contribution >= 0.6 is 31.3 Å². The van der Waals surface area contributed by atoms with Gasteiger partial charge in [0.05, 0.1) is 6.61 Å². The van der Waals surface area contributed by atoms with Crippen LogP contribution in [-0.4, -0.2) is 112 Å². The van der Waals surface area contributed by atoms with E-state index in [0.29, 0.717) is 25.7 Å². The predicted octanol–water partition coefficient (Wildman–Crippen LogP) is 9.52. The normalized spacial score (nSPS) is 21.4. The zero-order chi connectivity index (χ0) is 54.6. The third-order valence-corrected chi connectivity index (χ3v) is 13.9. The van der Waals surface area contributed by atoms with Crippen molar-refractivity contribution >= 4 is 43.2 Å². The highest BCUT2D eigenvalue weighted by molar-refractivity contribution is 7.47. The van der Waals surface area contributed by atoms with E-state index in [4.69, 9.17) is 18.5 Å². The number of aliphatic hydroxyl groups excluding tert-OH is 2. The Morgan fingerprint density at radius 3 is 1.25 bits per heavy atom. The first-order valence-corrected chi connectivity index (χ1v) is 31.8. The van der Waals surface area contributed by atoms with Crippen molar-refractivity contribution in [2.24, 2.45) is 0 Å². The highest BCUT2D eigenvalue weighted by atomic mass is 31.2. The van der Waals surface area contributed by atoms with Gasteiger partial charge in [-0.1, -0.05) is 165 Å². The van der Waals surface area contributed by atoms with Gasteiger partial charge in [-0.2, -0.15) is 0 Å². The van der Waals surface area contributed by atoms with Crippen LogP contribution in [0.1, 0.15) is 181 Å². The highest BCUT2D eigenvalue weighted by Gasteiger charge is 2.59. The predicted molar refractivity (Wildman–Crippen MR) is 272 cm³/mol. The molecule has 0 radical (unpaired) electrons. The molecule has 0 spiro atoms. The number of unbranched alkanes of at least 4 members (excludes halogenated alkanes) is 18. The van der Waals surface area contributed by atoms with Crippen molar-refractivity contribution in [1.82, 2.24) is 0 Å². The molecule has 426 valence electrons. The fourth-order valence-electron chi connectivity index (χ4n) is 7.66. The molecule has 0 bridgehead atoms. The monoisotopic (exact) mass is 1130 g/mol. The minimum Gasteiger partial charge on any atom is -0.462 e. The molecule has 9 N–H and O–H groups in total. The summed E-state index contributed by atoms with van der Waals surface area (Å²) in [4.78, 5) is 93.0. The minimum atomic E-state index is -5.80. The molecule has 22 nitrogen and oxygen atoms in total. The van der Waals surface area contributed by atoms with Gasteiger partial charge in [-0.05, 0) is 51.4 Å². The molecule has 0 saturated heterocycles. The fourth-order valence-corrected chi connectivity index (χ4v) is 10.3. The number of carbonyl (C=O) groups is 2. The van der Waals surface area contributed by atoms with Gasteiger partial charge in [-0.15, -0.1) is 0 Å². The van der Waals surface area contributed by atoms with Crippen molar-refractivity contribution in [3.8, 4) is 0 Å². The van der Waals surface area contributed by atoms with Crippen molar-refractivity contribution in [3.63, 3.8) is 0 Å². The molecule has 1 aliphatic carbocycles. The summed E-state index contributed by atoms with van der Waals surface area (Å²) in [6.07, 6.45) is 23.2. The first-order chi connectivity index (χ1) is 34.5. The van der Waals surface area contributed by atoms with Gasteiger partial charge in [0.2, 0.25) is 0 Å². The van der Waals surface area contributed by atoms with E-state index in [1.54, 1.807) is 0 Å².